The van der Waals surface area contributed by atoms with Crippen LogP contribution in [0.1, 0.15) is 0 Å². The van der Waals surface area contributed by atoms with Crippen molar-refractivity contribution in [3.63, 3.8) is 0 Å². The molecule has 0 fully saturated rings. The monoisotopic (exact) mass is 169 g/mol. The van der Waals surface area contributed by atoms with Gasteiger partial charge >= 0.3 is 51.1 Å². The predicted molar refractivity (Wildman–Crippen MR) is 33.4 cm³/mol. The minimum absolute atomic E-state index is 0.863. The number of thiocarbonyl (C=S) groups is 1. The Hall–Kier alpha value is 0.409. The van der Waals surface area contributed by atoms with E-state index in [0.29, 0.717) is 0 Å². The molecule has 0 spiro atoms. The van der Waals surface area contributed by atoms with E-state index >= 15 is 0 Å². The molecule has 0 amide bonds. The molecule has 0 atom stereocenters. The van der Waals surface area contributed by atoms with Crippen molar-refractivity contribution in [2.75, 3.05) is 14.1 Å². The Labute approximate surface area is 51.5 Å². The molecule has 0 aliphatic rings. The number of nitrogens with zero attached hydrogens (tertiary/aromatic N) is 1. The van der Waals surface area contributed by atoms with Gasteiger partial charge in [0.25, 0.3) is 0 Å². The molecule has 0 unspecified atom stereocenters. The Morgan fingerprint density at radius 3 is 1.83 bits per heavy atom. The third kappa shape index (κ3) is 2.64. The summed E-state index contributed by atoms with van der Waals surface area (Å²) in [5.41, 5.74) is 0. The van der Waals surface area contributed by atoms with Gasteiger partial charge in [-0.15, -0.1) is 0 Å². The fraction of sp³-hybridized carbons (Fsp3) is 0.667. The third-order valence-corrected chi connectivity index (χ3v) is 1.59. The summed E-state index contributed by atoms with van der Waals surface area (Å²) in [6.07, 6.45) is 0. The van der Waals surface area contributed by atoms with Crippen molar-refractivity contribution in [3.8, 4) is 0 Å². The van der Waals surface area contributed by atoms with Gasteiger partial charge in [-0.05, 0) is 0 Å². The molecular formula is C3H7NSSe. The van der Waals surface area contributed by atoms with E-state index in [0.717, 1.165) is 3.89 Å². The van der Waals surface area contributed by atoms with Crippen LogP contribution in [0, 0.1) is 0 Å². The van der Waals surface area contributed by atoms with Gasteiger partial charge < -0.3 is 0 Å². The molecule has 0 aromatic heterocycles. The molecule has 3 heteroatoms. The van der Waals surface area contributed by atoms with Gasteiger partial charge in [-0.25, -0.2) is 0 Å². The van der Waals surface area contributed by atoms with Gasteiger partial charge in [0.1, 0.15) is 0 Å². The molecule has 0 saturated heterocycles. The zero-order chi connectivity index (χ0) is 5.15. The Kier molecular flexibility index (Phi) is 2.73. The SMILES string of the molecule is CN(C)C(=S)[SeH]. The summed E-state index contributed by atoms with van der Waals surface area (Å²) >= 11 is 7.02. The van der Waals surface area contributed by atoms with Crippen LogP contribution in [0.4, 0.5) is 0 Å². The van der Waals surface area contributed by atoms with Gasteiger partial charge in [0.2, 0.25) is 0 Å². The van der Waals surface area contributed by atoms with Crippen molar-refractivity contribution < 1.29 is 0 Å². The first kappa shape index (κ1) is 6.41. The Balaban J connectivity index is 3.26. The van der Waals surface area contributed by atoms with E-state index < -0.39 is 0 Å². The maximum absolute atomic E-state index is 4.72. The molecular weight excluding hydrogens is 161 g/mol. The van der Waals surface area contributed by atoms with Crippen molar-refractivity contribution in [3.05, 3.63) is 0 Å². The number of hydrogen-bond acceptors (Lipinski definition) is 1. The van der Waals surface area contributed by atoms with Crippen LogP contribution in [0.25, 0.3) is 0 Å². The summed E-state index contributed by atoms with van der Waals surface area (Å²) in [5, 5.41) is 0. The molecule has 0 saturated carbocycles. The van der Waals surface area contributed by atoms with Crippen molar-refractivity contribution >= 4 is 32.1 Å². The topological polar surface area (TPSA) is 3.24 Å². The second kappa shape index (κ2) is 2.56. The quantitative estimate of drug-likeness (QED) is 0.362. The third-order valence-electron chi connectivity index (χ3n) is 0.383. The standard InChI is InChI=1S/C3H7NSSe/c1-4(2)3(5)6/h1-2H3,(H,5,6). The number of rotatable bonds is 0. The van der Waals surface area contributed by atoms with E-state index in [-0.39, 0.29) is 0 Å². The van der Waals surface area contributed by atoms with Crippen molar-refractivity contribution in [2.45, 2.75) is 0 Å². The van der Waals surface area contributed by atoms with E-state index in [9.17, 15) is 0 Å². The van der Waals surface area contributed by atoms with Crippen LogP contribution in [0.3, 0.4) is 0 Å². The normalized spacial score (nSPS) is 7.83. The van der Waals surface area contributed by atoms with Crippen LogP contribution in [0.2, 0.25) is 0 Å². The molecule has 0 aromatic rings. The molecule has 0 aliphatic carbocycles. The van der Waals surface area contributed by atoms with Gasteiger partial charge in [0.05, 0.1) is 0 Å². The van der Waals surface area contributed by atoms with Gasteiger partial charge in [-0.2, -0.15) is 0 Å². The van der Waals surface area contributed by atoms with Crippen LogP contribution < -0.4 is 0 Å². The molecule has 0 radical (unpaired) electrons. The van der Waals surface area contributed by atoms with Gasteiger partial charge in [-0.3, -0.25) is 0 Å². The maximum atomic E-state index is 4.72. The first-order valence-corrected chi connectivity index (χ1v) is 2.89. The summed E-state index contributed by atoms with van der Waals surface area (Å²) in [6, 6.07) is 0. The average molecular weight is 168 g/mol. The Morgan fingerprint density at radius 2 is 1.83 bits per heavy atom. The molecule has 0 aliphatic heterocycles. The van der Waals surface area contributed by atoms with Gasteiger partial charge in [0.15, 0.2) is 0 Å². The second-order valence-electron chi connectivity index (χ2n) is 1.18. The minimum atomic E-state index is 0.863. The Morgan fingerprint density at radius 1 is 1.67 bits per heavy atom. The molecule has 0 N–H and O–H groups in total. The van der Waals surface area contributed by atoms with Crippen LogP contribution in [0.15, 0.2) is 0 Å². The second-order valence-corrected chi connectivity index (χ2v) is 3.11. The summed E-state index contributed by atoms with van der Waals surface area (Å²) in [4.78, 5) is 1.87. The van der Waals surface area contributed by atoms with E-state index in [2.05, 4.69) is 16.0 Å². The number of hydrogen-bond donors (Lipinski definition) is 0. The summed E-state index contributed by atoms with van der Waals surface area (Å²) in [7, 11) is 3.83. The van der Waals surface area contributed by atoms with E-state index in [1.165, 1.54) is 0 Å². The Bertz CT molecular complexity index is 61.8. The fourth-order valence-electron chi connectivity index (χ4n) is 0. The first-order valence-electron chi connectivity index (χ1n) is 1.55. The van der Waals surface area contributed by atoms with Crippen molar-refractivity contribution in [1.82, 2.24) is 4.90 Å². The zero-order valence-corrected chi connectivity index (χ0v) is 6.50. The summed E-state index contributed by atoms with van der Waals surface area (Å²) in [6.45, 7) is 0. The summed E-state index contributed by atoms with van der Waals surface area (Å²) in [5.74, 6) is 0. The molecule has 0 rings (SSSR count). The molecule has 6 heavy (non-hydrogen) atoms. The summed E-state index contributed by atoms with van der Waals surface area (Å²) < 4.78 is 0.863. The van der Waals surface area contributed by atoms with Gasteiger partial charge in [0, 0.05) is 0 Å². The molecule has 1 nitrogen and oxygen atoms in total. The van der Waals surface area contributed by atoms with Crippen LogP contribution >= 0.6 is 12.2 Å². The molecule has 0 bridgehead atoms. The van der Waals surface area contributed by atoms with Crippen molar-refractivity contribution in [2.24, 2.45) is 0 Å². The predicted octanol–water partition coefficient (Wildman–Crippen LogP) is -0.266. The first-order chi connectivity index (χ1) is 2.64. The van der Waals surface area contributed by atoms with E-state index in [1.54, 1.807) is 0 Å². The van der Waals surface area contributed by atoms with Crippen molar-refractivity contribution in [1.29, 1.82) is 0 Å². The zero-order valence-electron chi connectivity index (χ0n) is 3.80. The average Bonchev–Trinajstić information content (AvgIpc) is 1.36. The van der Waals surface area contributed by atoms with Crippen LogP contribution in [-0.4, -0.2) is 38.9 Å². The van der Waals surface area contributed by atoms with E-state index in [1.807, 2.05) is 19.0 Å². The van der Waals surface area contributed by atoms with E-state index in [4.69, 9.17) is 12.2 Å². The molecule has 36 valence electrons. The molecule has 0 heterocycles. The van der Waals surface area contributed by atoms with Crippen LogP contribution in [0.5, 0.6) is 0 Å². The van der Waals surface area contributed by atoms with Crippen LogP contribution in [-0.2, 0) is 0 Å². The van der Waals surface area contributed by atoms with Gasteiger partial charge in [-0.1, -0.05) is 0 Å². The molecule has 0 aromatic carbocycles. The fourth-order valence-corrected chi connectivity index (χ4v) is 0.